The topological polar surface area (TPSA) is 45.0 Å². The van der Waals surface area contributed by atoms with Crippen LogP contribution in [0.1, 0.15) is 22.3 Å². The van der Waals surface area contributed by atoms with Gasteiger partial charge in [-0.3, -0.25) is 0 Å². The predicted molar refractivity (Wildman–Crippen MR) is 84.3 cm³/mol. The first-order valence-electron chi connectivity index (χ1n) is 7.08. The SMILES string of the molecule is Cc1cc(C)cc(OCCNCc2ccc(C#N)cc2)c1. The third-order valence-corrected chi connectivity index (χ3v) is 3.15. The van der Waals surface area contributed by atoms with Gasteiger partial charge >= 0.3 is 0 Å². The van der Waals surface area contributed by atoms with E-state index in [0.717, 1.165) is 18.8 Å². The molecule has 3 heteroatoms. The first kappa shape index (κ1) is 15.1. The molecule has 2 aromatic carbocycles. The Bertz CT molecular complexity index is 606. The molecule has 0 saturated carbocycles. The van der Waals surface area contributed by atoms with Crippen molar-refractivity contribution in [2.24, 2.45) is 0 Å². The Morgan fingerprint density at radius 1 is 1.05 bits per heavy atom. The second-order valence-electron chi connectivity index (χ2n) is 5.16. The fraction of sp³-hybridized carbons (Fsp3) is 0.278. The molecule has 0 unspecified atom stereocenters. The smallest absolute Gasteiger partial charge is 0.119 e. The lowest BCUT2D eigenvalue weighted by Gasteiger charge is -2.09. The van der Waals surface area contributed by atoms with Gasteiger partial charge in [-0.25, -0.2) is 0 Å². The van der Waals surface area contributed by atoms with Crippen molar-refractivity contribution in [1.29, 1.82) is 5.26 Å². The van der Waals surface area contributed by atoms with Gasteiger partial charge in [0.05, 0.1) is 11.6 Å². The van der Waals surface area contributed by atoms with Crippen molar-refractivity contribution < 1.29 is 4.74 Å². The van der Waals surface area contributed by atoms with E-state index in [2.05, 4.69) is 31.3 Å². The molecule has 108 valence electrons. The highest BCUT2D eigenvalue weighted by atomic mass is 16.5. The maximum absolute atomic E-state index is 8.74. The summed E-state index contributed by atoms with van der Waals surface area (Å²) in [4.78, 5) is 0. The van der Waals surface area contributed by atoms with Gasteiger partial charge < -0.3 is 10.1 Å². The minimum absolute atomic E-state index is 0.638. The standard InChI is InChI=1S/C18H20N2O/c1-14-9-15(2)11-18(10-14)21-8-7-20-13-17-5-3-16(12-19)4-6-17/h3-6,9-11,20H,7-8,13H2,1-2H3. The van der Waals surface area contributed by atoms with Gasteiger partial charge in [0, 0.05) is 13.1 Å². The molecular weight excluding hydrogens is 260 g/mol. The number of ether oxygens (including phenoxy) is 1. The molecule has 3 nitrogen and oxygen atoms in total. The first-order valence-corrected chi connectivity index (χ1v) is 7.08. The number of rotatable bonds is 6. The number of hydrogen-bond donors (Lipinski definition) is 1. The van der Waals surface area contributed by atoms with Crippen LogP contribution in [-0.2, 0) is 6.54 Å². The van der Waals surface area contributed by atoms with Crippen LogP contribution in [0.4, 0.5) is 0 Å². The molecule has 0 bridgehead atoms. The Hall–Kier alpha value is -2.31. The fourth-order valence-electron chi connectivity index (χ4n) is 2.19. The van der Waals surface area contributed by atoms with Gasteiger partial charge in [-0.15, -0.1) is 0 Å². The molecule has 0 aromatic heterocycles. The second kappa shape index (κ2) is 7.47. The summed E-state index contributed by atoms with van der Waals surface area (Å²) in [5.41, 5.74) is 4.29. The van der Waals surface area contributed by atoms with E-state index in [-0.39, 0.29) is 0 Å². The lowest BCUT2D eigenvalue weighted by molar-refractivity contribution is 0.313. The van der Waals surface area contributed by atoms with Crippen molar-refractivity contribution in [3.8, 4) is 11.8 Å². The molecule has 2 rings (SSSR count). The van der Waals surface area contributed by atoms with Crippen molar-refractivity contribution in [2.75, 3.05) is 13.2 Å². The Balaban J connectivity index is 1.71. The fourth-order valence-corrected chi connectivity index (χ4v) is 2.19. The zero-order valence-corrected chi connectivity index (χ0v) is 12.5. The van der Waals surface area contributed by atoms with Gasteiger partial charge in [-0.2, -0.15) is 5.26 Å². The van der Waals surface area contributed by atoms with Crippen LogP contribution in [-0.4, -0.2) is 13.2 Å². The van der Waals surface area contributed by atoms with Gasteiger partial charge in [0.25, 0.3) is 0 Å². The monoisotopic (exact) mass is 280 g/mol. The van der Waals surface area contributed by atoms with Crippen LogP contribution < -0.4 is 10.1 Å². The predicted octanol–water partition coefficient (Wildman–Crippen LogP) is 3.34. The summed E-state index contributed by atoms with van der Waals surface area (Å²) in [6, 6.07) is 16.0. The average molecular weight is 280 g/mol. The normalized spacial score (nSPS) is 10.1. The summed E-state index contributed by atoms with van der Waals surface area (Å²) in [6.45, 7) is 6.35. The molecule has 0 fully saturated rings. The van der Waals surface area contributed by atoms with Crippen LogP contribution in [0.3, 0.4) is 0 Å². The van der Waals surface area contributed by atoms with E-state index < -0.39 is 0 Å². The van der Waals surface area contributed by atoms with Crippen LogP contribution in [0.15, 0.2) is 42.5 Å². The molecule has 0 atom stereocenters. The molecule has 0 spiro atoms. The van der Waals surface area contributed by atoms with E-state index in [4.69, 9.17) is 10.00 Å². The zero-order chi connectivity index (χ0) is 15.1. The first-order chi connectivity index (χ1) is 10.2. The highest BCUT2D eigenvalue weighted by Gasteiger charge is 1.97. The number of nitrogens with one attached hydrogen (secondary N) is 1. The minimum Gasteiger partial charge on any atom is -0.492 e. The Labute approximate surface area is 126 Å². The summed E-state index contributed by atoms with van der Waals surface area (Å²) in [6.07, 6.45) is 0. The van der Waals surface area contributed by atoms with Crippen LogP contribution in [0, 0.1) is 25.2 Å². The largest absolute Gasteiger partial charge is 0.492 e. The number of nitrogens with zero attached hydrogens (tertiary/aromatic N) is 1. The number of aryl methyl sites for hydroxylation is 2. The van der Waals surface area contributed by atoms with Gasteiger partial charge in [0.2, 0.25) is 0 Å². The van der Waals surface area contributed by atoms with Crippen LogP contribution >= 0.6 is 0 Å². The highest BCUT2D eigenvalue weighted by molar-refractivity contribution is 5.33. The van der Waals surface area contributed by atoms with Crippen molar-refractivity contribution >= 4 is 0 Å². The third kappa shape index (κ3) is 4.94. The Morgan fingerprint density at radius 2 is 1.71 bits per heavy atom. The van der Waals surface area contributed by atoms with Crippen molar-refractivity contribution in [2.45, 2.75) is 20.4 Å². The molecule has 0 saturated heterocycles. The van der Waals surface area contributed by atoms with Gasteiger partial charge in [-0.1, -0.05) is 18.2 Å². The second-order valence-corrected chi connectivity index (χ2v) is 5.16. The maximum atomic E-state index is 8.74. The lowest BCUT2D eigenvalue weighted by Crippen LogP contribution is -2.20. The maximum Gasteiger partial charge on any atom is 0.119 e. The average Bonchev–Trinajstić information content (AvgIpc) is 2.46. The van der Waals surface area contributed by atoms with Crippen molar-refractivity contribution in [3.05, 3.63) is 64.7 Å². The summed E-state index contributed by atoms with van der Waals surface area (Å²) in [5, 5.41) is 12.1. The van der Waals surface area contributed by atoms with Crippen LogP contribution in [0.2, 0.25) is 0 Å². The molecule has 0 radical (unpaired) electrons. The molecule has 0 aliphatic heterocycles. The molecule has 21 heavy (non-hydrogen) atoms. The summed E-state index contributed by atoms with van der Waals surface area (Å²) in [5.74, 6) is 0.924. The van der Waals surface area contributed by atoms with E-state index in [0.29, 0.717) is 12.2 Å². The molecule has 1 N–H and O–H groups in total. The summed E-state index contributed by atoms with van der Waals surface area (Å²) in [7, 11) is 0. The number of nitriles is 1. The minimum atomic E-state index is 0.638. The highest BCUT2D eigenvalue weighted by Crippen LogP contribution is 2.15. The van der Waals surface area contributed by atoms with E-state index >= 15 is 0 Å². The van der Waals surface area contributed by atoms with Crippen molar-refractivity contribution in [3.63, 3.8) is 0 Å². The number of hydrogen-bond acceptors (Lipinski definition) is 3. The van der Waals surface area contributed by atoms with E-state index in [1.807, 2.05) is 36.4 Å². The van der Waals surface area contributed by atoms with E-state index in [1.54, 1.807) is 0 Å². The molecule has 0 aliphatic rings. The molecule has 2 aromatic rings. The third-order valence-electron chi connectivity index (χ3n) is 3.15. The molecule has 0 amide bonds. The molecule has 0 heterocycles. The van der Waals surface area contributed by atoms with E-state index in [9.17, 15) is 0 Å². The van der Waals surface area contributed by atoms with Gasteiger partial charge in [-0.05, 0) is 54.8 Å². The Kier molecular flexibility index (Phi) is 5.36. The zero-order valence-electron chi connectivity index (χ0n) is 12.5. The van der Waals surface area contributed by atoms with Crippen LogP contribution in [0.5, 0.6) is 5.75 Å². The van der Waals surface area contributed by atoms with Gasteiger partial charge in [0.15, 0.2) is 0 Å². The van der Waals surface area contributed by atoms with Crippen molar-refractivity contribution in [1.82, 2.24) is 5.32 Å². The summed E-state index contributed by atoms with van der Waals surface area (Å²) >= 11 is 0. The lowest BCUT2D eigenvalue weighted by atomic mass is 10.1. The molecular formula is C18H20N2O. The summed E-state index contributed by atoms with van der Waals surface area (Å²) < 4.78 is 5.74. The Morgan fingerprint density at radius 3 is 2.33 bits per heavy atom. The van der Waals surface area contributed by atoms with Crippen LogP contribution in [0.25, 0.3) is 0 Å². The molecule has 0 aliphatic carbocycles. The quantitative estimate of drug-likeness (QED) is 0.825. The number of benzene rings is 2. The van der Waals surface area contributed by atoms with E-state index in [1.165, 1.54) is 16.7 Å². The van der Waals surface area contributed by atoms with Gasteiger partial charge in [0.1, 0.15) is 12.4 Å².